The summed E-state index contributed by atoms with van der Waals surface area (Å²) in [6.45, 7) is 14.0. The fourth-order valence-corrected chi connectivity index (χ4v) is 13.0. The average Bonchev–Trinajstić information content (AvgIpc) is 3.66. The second kappa shape index (κ2) is 39.8. The van der Waals surface area contributed by atoms with E-state index in [1.165, 1.54) is 0 Å². The Labute approximate surface area is 542 Å². The largest absolute Gasteiger partial charge is 0.366 e. The van der Waals surface area contributed by atoms with Crippen LogP contribution >= 0.6 is 145 Å². The summed E-state index contributed by atoms with van der Waals surface area (Å²) in [6.07, 6.45) is 3.22. The van der Waals surface area contributed by atoms with Gasteiger partial charge in [-0.3, -0.25) is 28.8 Å². The van der Waals surface area contributed by atoms with Crippen LogP contribution < -0.4 is 21.3 Å². The summed E-state index contributed by atoms with van der Waals surface area (Å²) in [6, 6.07) is 15.5. The zero-order valence-electron chi connectivity index (χ0n) is 46.5. The van der Waals surface area contributed by atoms with Crippen molar-refractivity contribution in [3.05, 3.63) is 71.8 Å². The van der Waals surface area contributed by atoms with Gasteiger partial charge in [0.05, 0.1) is 42.1 Å². The van der Waals surface area contributed by atoms with Gasteiger partial charge in [0.15, 0.2) is 0 Å². The fourth-order valence-electron chi connectivity index (χ4n) is 9.82. The Hall–Kier alpha value is -1.69. The molecule has 0 aliphatic carbocycles. The standard InChI is InChI=1S/C54H72N6O8S2.9H2S/c1-9-35(2)48(62)56-40-25-29-70-45-32-54(6,7)47(60(45)52(40)66)50(64)58-42(38-22-16-13-17-23-38)34-68-27-19-11-10-18-26-67-33-41(37-20-14-12-15-21-37)57-49(63)46-53(4,5)31-44-59(46)51(65)39(24-28-69-44)30-43(61)36(3)55-8;;;;;;;;;/h12-17,20-23,35-36,39-42,44-47,55H,9,24-34H2,1-8H3,(H,56,62)(H,57,63)(H,58,64);9*1H2/t35-,36+,39-,40+,41-,42-,44+,45+,46-,47-;;;;;;;;;/m1........./s1. The summed E-state index contributed by atoms with van der Waals surface area (Å²) >= 11 is 3.35. The molecule has 4 fully saturated rings. The molecular formula is C54H90N6O8S11. The van der Waals surface area contributed by atoms with Gasteiger partial charge in [0.2, 0.25) is 29.5 Å². The highest BCUT2D eigenvalue weighted by Crippen LogP contribution is 2.48. The van der Waals surface area contributed by atoms with Crippen LogP contribution in [0.2, 0.25) is 0 Å². The summed E-state index contributed by atoms with van der Waals surface area (Å²) < 4.78 is 12.0. The Morgan fingerprint density at radius 1 is 0.658 bits per heavy atom. The van der Waals surface area contributed by atoms with Gasteiger partial charge in [0, 0.05) is 18.3 Å². The Morgan fingerprint density at radius 2 is 1.08 bits per heavy atom. The molecule has 4 heterocycles. The number of thioether (sulfide) groups is 2. The van der Waals surface area contributed by atoms with E-state index in [1.807, 2.05) is 102 Å². The van der Waals surface area contributed by atoms with Crippen molar-refractivity contribution >= 4 is 180 Å². The van der Waals surface area contributed by atoms with E-state index in [2.05, 4.69) is 44.9 Å². The molecule has 0 unspecified atom stereocenters. The van der Waals surface area contributed by atoms with Crippen LogP contribution in [-0.4, -0.2) is 125 Å². The van der Waals surface area contributed by atoms with E-state index in [0.29, 0.717) is 37.9 Å². The Morgan fingerprint density at radius 3 is 1.49 bits per heavy atom. The molecule has 4 aliphatic heterocycles. The van der Waals surface area contributed by atoms with Crippen molar-refractivity contribution < 1.29 is 38.2 Å². The number of hydrogen-bond donors (Lipinski definition) is 4. The lowest BCUT2D eigenvalue weighted by Crippen LogP contribution is -2.57. The number of ether oxygens (including phenoxy) is 2. The van der Waals surface area contributed by atoms with E-state index in [4.69, 9.17) is 9.47 Å². The molecule has 0 bridgehead atoms. The van der Waals surface area contributed by atoms with Gasteiger partial charge in [-0.1, -0.05) is 114 Å². The number of amides is 5. The zero-order valence-corrected chi connectivity index (χ0v) is 57.1. The number of hydrogen-bond acceptors (Lipinski definition) is 11. The van der Waals surface area contributed by atoms with Crippen molar-refractivity contribution in [3.63, 3.8) is 0 Å². The minimum absolute atomic E-state index is 0. The molecule has 10 atom stereocenters. The number of benzene rings is 2. The summed E-state index contributed by atoms with van der Waals surface area (Å²) in [4.78, 5) is 86.2. The van der Waals surface area contributed by atoms with Gasteiger partial charge in [-0.15, -0.1) is 23.5 Å². The number of carbonyl (C=O) groups excluding carboxylic acids is 6. The first kappa shape index (κ1) is 83.8. The van der Waals surface area contributed by atoms with E-state index in [-0.39, 0.29) is 212 Å². The molecule has 14 nitrogen and oxygen atoms in total. The van der Waals surface area contributed by atoms with Crippen molar-refractivity contribution in [1.82, 2.24) is 31.1 Å². The van der Waals surface area contributed by atoms with E-state index >= 15 is 0 Å². The third-order valence-corrected chi connectivity index (χ3v) is 16.6. The molecule has 4 saturated heterocycles. The average molecular weight is 1300 g/mol. The lowest BCUT2D eigenvalue weighted by Gasteiger charge is -2.35. The summed E-state index contributed by atoms with van der Waals surface area (Å²) in [5.41, 5.74) is 0.671. The van der Waals surface area contributed by atoms with Gasteiger partial charge in [0.25, 0.3) is 0 Å². The molecule has 0 aromatic heterocycles. The lowest BCUT2D eigenvalue weighted by atomic mass is 9.83. The van der Waals surface area contributed by atoms with Crippen molar-refractivity contribution in [1.29, 1.82) is 0 Å². The van der Waals surface area contributed by atoms with Crippen LogP contribution in [0, 0.1) is 46.3 Å². The lowest BCUT2D eigenvalue weighted by molar-refractivity contribution is -0.145. The minimum Gasteiger partial charge on any atom is -0.366 e. The number of nitrogens with zero attached hydrogens (tertiary/aromatic N) is 2. The molecule has 450 valence electrons. The molecule has 0 spiro atoms. The van der Waals surface area contributed by atoms with Crippen LogP contribution in [0.5, 0.6) is 0 Å². The molecule has 4 N–H and O–H groups in total. The SMILES string of the molecule is CC[C@@H](C)C(=O)N[C@H]1CCS[C@H]2CC(C)(C)[C@@H](C(=O)N[C@H](COCC#CC#CCOC[C@@H](NC(=O)[C@H]3N4C(=O)[C@@H](CC(=O)[C@H](C)NC)CCS[C@H]4CC3(C)C)c3ccccc3)c3ccccc3)N2C1=O.S.S.S.S.S.S.S.S.S. The number of Topliss-reactive ketones (excluding diaryl/α,β-unsaturated/α-hetero) is 1. The highest BCUT2D eigenvalue weighted by molar-refractivity contribution is 8.00. The maximum Gasteiger partial charge on any atom is 0.246 e. The number of nitrogens with one attached hydrogen (secondary N) is 4. The van der Waals surface area contributed by atoms with Gasteiger partial charge in [-0.25, -0.2) is 0 Å². The van der Waals surface area contributed by atoms with Gasteiger partial charge >= 0.3 is 0 Å². The molecule has 6 rings (SSSR count). The predicted octanol–water partition coefficient (Wildman–Crippen LogP) is 6.65. The van der Waals surface area contributed by atoms with Gasteiger partial charge in [0.1, 0.15) is 37.1 Å². The number of rotatable bonds is 19. The van der Waals surface area contributed by atoms with Gasteiger partial charge in [-0.2, -0.15) is 121 Å². The third kappa shape index (κ3) is 22.3. The maximum atomic E-state index is 14.3. The van der Waals surface area contributed by atoms with Crippen LogP contribution in [-0.2, 0) is 38.2 Å². The zero-order chi connectivity index (χ0) is 50.6. The van der Waals surface area contributed by atoms with E-state index in [0.717, 1.165) is 16.9 Å². The molecular weight excluding hydrogens is 1210 g/mol. The quantitative estimate of drug-likeness (QED) is 0.0876. The Bertz CT molecular complexity index is 2170. The van der Waals surface area contributed by atoms with Crippen LogP contribution in [0.3, 0.4) is 0 Å². The maximum absolute atomic E-state index is 14.3. The highest BCUT2D eigenvalue weighted by atomic mass is 32.2. The smallest absolute Gasteiger partial charge is 0.246 e. The molecule has 79 heavy (non-hydrogen) atoms. The molecule has 25 heteroatoms. The molecule has 0 saturated carbocycles. The highest BCUT2D eigenvalue weighted by Gasteiger charge is 2.56. The van der Waals surface area contributed by atoms with Gasteiger partial charge in [-0.05, 0) is 91.4 Å². The third-order valence-electron chi connectivity index (χ3n) is 14.1. The number of fused-ring (bicyclic) bond motifs is 2. The van der Waals surface area contributed by atoms with Crippen molar-refractivity contribution in [3.8, 4) is 23.7 Å². The fraction of sp³-hybridized carbons (Fsp3) is 0.593. The summed E-state index contributed by atoms with van der Waals surface area (Å²) in [5, 5.41) is 12.0. The summed E-state index contributed by atoms with van der Waals surface area (Å²) in [5.74, 6) is 11.1. The molecule has 2 aromatic rings. The van der Waals surface area contributed by atoms with Crippen LogP contribution in [0.15, 0.2) is 60.7 Å². The second-order valence-corrected chi connectivity index (χ2v) is 22.8. The van der Waals surface area contributed by atoms with E-state index < -0.39 is 47.0 Å². The van der Waals surface area contributed by atoms with Crippen molar-refractivity contribution in [2.75, 3.05) is 45.0 Å². The number of likely N-dealkylation sites (N-methyl/N-ethyl adjacent to an activating group) is 1. The minimum atomic E-state index is -0.748. The van der Waals surface area contributed by atoms with Gasteiger partial charge < -0.3 is 40.5 Å². The van der Waals surface area contributed by atoms with Crippen LogP contribution in [0.4, 0.5) is 0 Å². The van der Waals surface area contributed by atoms with Crippen molar-refractivity contribution in [2.24, 2.45) is 22.7 Å². The summed E-state index contributed by atoms with van der Waals surface area (Å²) in [7, 11) is 1.73. The first-order valence-corrected chi connectivity index (χ1v) is 26.8. The number of carbonyl (C=O) groups is 6. The molecule has 5 amide bonds. The Kier molecular flexibility index (Phi) is 42.2. The van der Waals surface area contributed by atoms with Crippen molar-refractivity contribution in [2.45, 2.75) is 134 Å². The predicted molar refractivity (Wildman–Crippen MR) is 368 cm³/mol. The second-order valence-electron chi connectivity index (χ2n) is 20.2. The van der Waals surface area contributed by atoms with E-state index in [1.54, 1.807) is 47.3 Å². The van der Waals surface area contributed by atoms with Crippen LogP contribution in [0.1, 0.15) is 110 Å². The van der Waals surface area contributed by atoms with Crippen LogP contribution in [0.25, 0.3) is 0 Å². The normalized spacial score (nSPS) is 22.3. The number of ketones is 1. The Balaban J connectivity index is -0.00000312. The monoisotopic (exact) mass is 1300 g/mol. The molecule has 0 radical (unpaired) electrons. The van der Waals surface area contributed by atoms with E-state index in [9.17, 15) is 28.8 Å². The first-order chi connectivity index (χ1) is 33.5. The molecule has 2 aromatic carbocycles. The first-order valence-electron chi connectivity index (χ1n) is 24.7. The topological polar surface area (TPSA) is 175 Å². The molecule has 4 aliphatic rings.